The molecule has 226 valence electrons. The third kappa shape index (κ3) is 4.72. The van der Waals surface area contributed by atoms with Gasteiger partial charge in [-0.2, -0.15) is 0 Å². The Morgan fingerprint density at radius 2 is 1.91 bits per heavy atom. The van der Waals surface area contributed by atoms with Crippen LogP contribution >= 0.6 is 0 Å². The molecule has 2 saturated carbocycles. The van der Waals surface area contributed by atoms with Crippen LogP contribution in [0.4, 0.5) is 4.39 Å². The Morgan fingerprint density at radius 3 is 2.60 bits per heavy atom. The second-order valence-corrected chi connectivity index (χ2v) is 12.4. The van der Waals surface area contributed by atoms with Gasteiger partial charge in [-0.25, -0.2) is 14.0 Å². The van der Waals surface area contributed by atoms with Crippen LogP contribution < -0.4 is 10.4 Å². The zero-order chi connectivity index (χ0) is 30.7. The highest BCUT2D eigenvalue weighted by atomic mass is 19.1. The van der Waals surface area contributed by atoms with Crippen molar-refractivity contribution >= 4 is 11.9 Å². The highest BCUT2D eigenvalue weighted by molar-refractivity contribution is 5.89. The molecule has 8 atom stereocenters. The van der Waals surface area contributed by atoms with Gasteiger partial charge in [-0.15, -0.1) is 0 Å². The third-order valence-corrected chi connectivity index (χ3v) is 9.97. The first-order valence-corrected chi connectivity index (χ1v) is 14.5. The van der Waals surface area contributed by atoms with Gasteiger partial charge in [-0.3, -0.25) is 9.78 Å². The van der Waals surface area contributed by atoms with Crippen molar-refractivity contribution in [1.82, 2.24) is 4.98 Å². The summed E-state index contributed by atoms with van der Waals surface area (Å²) in [5.74, 6) is -2.73. The van der Waals surface area contributed by atoms with Gasteiger partial charge in [0.15, 0.2) is 0 Å². The summed E-state index contributed by atoms with van der Waals surface area (Å²) in [7, 11) is 0. The number of esters is 2. The Kier molecular flexibility index (Phi) is 7.15. The van der Waals surface area contributed by atoms with Crippen molar-refractivity contribution < 1.29 is 37.7 Å². The predicted molar refractivity (Wildman–Crippen MR) is 151 cm³/mol. The summed E-state index contributed by atoms with van der Waals surface area (Å²) >= 11 is 0. The molecule has 3 heterocycles. The van der Waals surface area contributed by atoms with Gasteiger partial charge < -0.3 is 23.7 Å². The maximum absolute atomic E-state index is 14.6. The molecule has 0 radical (unpaired) electrons. The minimum atomic E-state index is -1.33. The van der Waals surface area contributed by atoms with Gasteiger partial charge in [0.25, 0.3) is 0 Å². The van der Waals surface area contributed by atoms with Crippen molar-refractivity contribution in [2.45, 2.75) is 70.9 Å². The van der Waals surface area contributed by atoms with E-state index in [-0.39, 0.29) is 46.5 Å². The van der Waals surface area contributed by atoms with Crippen LogP contribution in [-0.4, -0.2) is 39.8 Å². The number of pyridine rings is 1. The summed E-state index contributed by atoms with van der Waals surface area (Å²) < 4.78 is 38.6. The van der Waals surface area contributed by atoms with Crippen LogP contribution in [0.3, 0.4) is 0 Å². The average molecular weight is 592 g/mol. The van der Waals surface area contributed by atoms with E-state index in [1.807, 2.05) is 13.8 Å². The van der Waals surface area contributed by atoms with Crippen molar-refractivity contribution in [2.75, 3.05) is 0 Å². The van der Waals surface area contributed by atoms with Crippen LogP contribution in [0.25, 0.3) is 11.3 Å². The molecule has 0 bridgehead atoms. The summed E-state index contributed by atoms with van der Waals surface area (Å²) in [6.45, 7) is 7.16. The summed E-state index contributed by atoms with van der Waals surface area (Å²) in [6.07, 6.45) is 1.91. The molecule has 9 nitrogen and oxygen atoms in total. The van der Waals surface area contributed by atoms with Crippen LogP contribution in [0.15, 0.2) is 64.1 Å². The van der Waals surface area contributed by atoms with Gasteiger partial charge in [0, 0.05) is 36.9 Å². The number of hydrogen-bond acceptors (Lipinski definition) is 9. The Morgan fingerprint density at radius 1 is 1.14 bits per heavy atom. The largest absolute Gasteiger partial charge is 0.482 e. The lowest BCUT2D eigenvalue weighted by Crippen LogP contribution is -2.69. The van der Waals surface area contributed by atoms with E-state index in [1.165, 1.54) is 25.1 Å². The number of aliphatic hydroxyl groups excluding tert-OH is 1. The van der Waals surface area contributed by atoms with E-state index in [0.29, 0.717) is 24.8 Å². The number of carbonyl (C=O) groups is 2. The fraction of sp³-hybridized carbons (Fsp3) is 0.455. The number of fused-ring (bicyclic) bond motifs is 4. The van der Waals surface area contributed by atoms with Crippen molar-refractivity contribution in [1.29, 1.82) is 0 Å². The Bertz CT molecular complexity index is 1620. The van der Waals surface area contributed by atoms with E-state index >= 15 is 0 Å². The quantitative estimate of drug-likeness (QED) is 0.405. The number of aromatic nitrogens is 1. The van der Waals surface area contributed by atoms with Crippen LogP contribution in [0, 0.1) is 29.0 Å². The number of benzene rings is 1. The van der Waals surface area contributed by atoms with Crippen molar-refractivity contribution in [2.24, 2.45) is 23.2 Å². The molecule has 6 rings (SSSR count). The van der Waals surface area contributed by atoms with E-state index in [4.69, 9.17) is 18.6 Å². The molecule has 7 unspecified atom stereocenters. The molecule has 2 aromatic heterocycles. The number of hydrogen-bond donors (Lipinski definition) is 1. The van der Waals surface area contributed by atoms with E-state index in [0.717, 1.165) is 0 Å². The van der Waals surface area contributed by atoms with Crippen LogP contribution in [0.2, 0.25) is 0 Å². The minimum absolute atomic E-state index is 0.00840. The van der Waals surface area contributed by atoms with Crippen molar-refractivity contribution in [3.8, 4) is 17.1 Å². The molecular formula is C33H34FNO8. The maximum Gasteiger partial charge on any atom is 0.345 e. The number of halogens is 1. The van der Waals surface area contributed by atoms with Crippen LogP contribution in [-0.2, 0) is 14.3 Å². The predicted octanol–water partition coefficient (Wildman–Crippen LogP) is 5.26. The lowest BCUT2D eigenvalue weighted by molar-refractivity contribution is -0.243. The highest BCUT2D eigenvalue weighted by Gasteiger charge is 2.68. The number of rotatable bonds is 4. The van der Waals surface area contributed by atoms with E-state index < -0.39 is 46.6 Å². The molecule has 2 aliphatic carbocycles. The Labute approximate surface area is 248 Å². The zero-order valence-electron chi connectivity index (χ0n) is 24.4. The standard InChI is InChI=1S/C33H34FNO8/c1-17-21-14-26(42-30(38)20-9-5-6-10-22(20)34)33(4)29(32(21,3)12-11-23(17)40-18(2)36)28(37)27-25(43-33)15-24(41-31(27)39)19-8-7-13-35-16-19/h5-10,13,15-17,21,23,26,28-29,37H,11-12,14H2,1-4H3/t17?,21?,23?,26?,28?,29?,32?,33-/m1/s1. The molecule has 2 fully saturated rings. The minimum Gasteiger partial charge on any atom is -0.482 e. The molecule has 1 aromatic carbocycles. The lowest BCUT2D eigenvalue weighted by atomic mass is 9.46. The van der Waals surface area contributed by atoms with Gasteiger partial charge in [0.05, 0.1) is 11.7 Å². The molecule has 1 N–H and O–H groups in total. The second-order valence-electron chi connectivity index (χ2n) is 12.4. The molecule has 0 spiro atoms. The smallest absolute Gasteiger partial charge is 0.345 e. The number of carbonyl (C=O) groups excluding carboxylic acids is 2. The normalized spacial score (nSPS) is 32.8. The maximum atomic E-state index is 14.6. The third-order valence-electron chi connectivity index (χ3n) is 9.97. The summed E-state index contributed by atoms with van der Waals surface area (Å²) in [6, 6.07) is 10.5. The fourth-order valence-electron chi connectivity index (χ4n) is 8.01. The SMILES string of the molecule is CC(=O)OC1CCC2(C)C(CC(OC(=O)c3ccccc3F)[C@@]3(C)Oc4cc(-c5cccnc5)oc(=O)c4C(O)C23)C1C. The lowest BCUT2D eigenvalue weighted by Gasteiger charge is -2.64. The first-order valence-electron chi connectivity index (χ1n) is 14.5. The van der Waals surface area contributed by atoms with E-state index in [9.17, 15) is 23.9 Å². The number of aliphatic hydroxyl groups is 1. The highest BCUT2D eigenvalue weighted by Crippen LogP contribution is 2.65. The van der Waals surface area contributed by atoms with Gasteiger partial charge in [0.2, 0.25) is 0 Å². The zero-order valence-corrected chi connectivity index (χ0v) is 24.4. The van der Waals surface area contributed by atoms with Gasteiger partial charge >= 0.3 is 17.6 Å². The van der Waals surface area contributed by atoms with Crippen LogP contribution in [0.5, 0.6) is 5.75 Å². The Hall–Kier alpha value is -4.05. The molecule has 0 saturated heterocycles. The van der Waals surface area contributed by atoms with Crippen molar-refractivity contribution in [3.05, 3.63) is 82.2 Å². The van der Waals surface area contributed by atoms with Gasteiger partial charge in [-0.1, -0.05) is 26.0 Å². The number of ether oxygens (including phenoxy) is 3. The topological polar surface area (TPSA) is 125 Å². The van der Waals surface area contributed by atoms with Gasteiger partial charge in [0.1, 0.15) is 40.7 Å². The Balaban J connectivity index is 1.47. The second kappa shape index (κ2) is 10.6. The van der Waals surface area contributed by atoms with Gasteiger partial charge in [-0.05, 0) is 67.7 Å². The summed E-state index contributed by atoms with van der Waals surface area (Å²) in [4.78, 5) is 42.8. The molecule has 3 aromatic rings. The average Bonchev–Trinajstić information content (AvgIpc) is 2.95. The first-order chi connectivity index (χ1) is 20.4. The fourth-order valence-corrected chi connectivity index (χ4v) is 8.01. The molecule has 10 heteroatoms. The molecule has 0 amide bonds. The van der Waals surface area contributed by atoms with E-state index in [1.54, 1.807) is 43.6 Å². The molecule has 1 aliphatic heterocycles. The number of nitrogens with zero attached hydrogens (tertiary/aromatic N) is 1. The van der Waals surface area contributed by atoms with Crippen molar-refractivity contribution in [3.63, 3.8) is 0 Å². The molecular weight excluding hydrogens is 557 g/mol. The summed E-state index contributed by atoms with van der Waals surface area (Å²) in [5.41, 5.74) is -2.35. The monoisotopic (exact) mass is 591 g/mol. The first kappa shape index (κ1) is 29.0. The molecule has 43 heavy (non-hydrogen) atoms. The van der Waals surface area contributed by atoms with Crippen LogP contribution in [0.1, 0.15) is 69.0 Å². The summed E-state index contributed by atoms with van der Waals surface area (Å²) in [5, 5.41) is 12.0. The molecule has 3 aliphatic rings. The van der Waals surface area contributed by atoms with E-state index in [2.05, 4.69) is 4.98 Å².